The minimum Gasteiger partial charge on any atom is -0.256 e. The lowest BCUT2D eigenvalue weighted by Crippen LogP contribution is -2.11. The third-order valence-electron chi connectivity index (χ3n) is 1.55. The first-order chi connectivity index (χ1) is 6.59. The summed E-state index contributed by atoms with van der Waals surface area (Å²) in [5.41, 5.74) is 1.79. The second kappa shape index (κ2) is 4.50. The number of hydrogen-bond donors (Lipinski definition) is 0. The molecule has 0 saturated heterocycles. The van der Waals surface area contributed by atoms with E-state index in [1.165, 1.54) is 0 Å². The van der Waals surface area contributed by atoms with Gasteiger partial charge in [0.15, 0.2) is 5.82 Å². The number of hydrazone groups is 1. The summed E-state index contributed by atoms with van der Waals surface area (Å²) in [5, 5.41) is 5.78. The largest absolute Gasteiger partial charge is 0.256 e. The van der Waals surface area contributed by atoms with E-state index in [0.29, 0.717) is 5.82 Å². The maximum Gasteiger partial charge on any atom is 0.167 e. The lowest BCUT2D eigenvalue weighted by Gasteiger charge is -2.10. The number of allylic oxidation sites excluding steroid dienone is 1. The van der Waals surface area contributed by atoms with E-state index in [0.717, 1.165) is 11.3 Å². The smallest absolute Gasteiger partial charge is 0.167 e. The molecule has 0 aliphatic rings. The number of rotatable bonds is 3. The summed E-state index contributed by atoms with van der Waals surface area (Å²) in [6.45, 7) is 7.51. The molecular formula is C10H14N4. The van der Waals surface area contributed by atoms with Crippen molar-refractivity contribution in [2.75, 3.05) is 12.1 Å². The van der Waals surface area contributed by atoms with Gasteiger partial charge in [-0.05, 0) is 19.4 Å². The van der Waals surface area contributed by atoms with Crippen LogP contribution >= 0.6 is 0 Å². The SMILES string of the molecule is C=C(C)/C=N\N(C)c1cnc(C)cn1. The second-order valence-corrected chi connectivity index (χ2v) is 3.13. The van der Waals surface area contributed by atoms with E-state index in [4.69, 9.17) is 0 Å². The molecule has 1 heterocycles. The molecule has 0 atom stereocenters. The van der Waals surface area contributed by atoms with E-state index >= 15 is 0 Å². The summed E-state index contributed by atoms with van der Waals surface area (Å²) in [4.78, 5) is 8.30. The van der Waals surface area contributed by atoms with Gasteiger partial charge in [0, 0.05) is 13.3 Å². The first kappa shape index (κ1) is 10.4. The van der Waals surface area contributed by atoms with Crippen molar-refractivity contribution in [3.8, 4) is 0 Å². The third kappa shape index (κ3) is 2.97. The van der Waals surface area contributed by atoms with Gasteiger partial charge in [0.1, 0.15) is 0 Å². The molecule has 0 bridgehead atoms. The van der Waals surface area contributed by atoms with Gasteiger partial charge in [-0.2, -0.15) is 5.10 Å². The van der Waals surface area contributed by atoms with Crippen molar-refractivity contribution in [3.63, 3.8) is 0 Å². The third-order valence-corrected chi connectivity index (χ3v) is 1.55. The average molecular weight is 190 g/mol. The van der Waals surface area contributed by atoms with Crippen molar-refractivity contribution < 1.29 is 0 Å². The average Bonchev–Trinajstić information content (AvgIpc) is 2.15. The van der Waals surface area contributed by atoms with E-state index in [1.807, 2.05) is 20.9 Å². The molecule has 74 valence electrons. The number of hydrogen-bond acceptors (Lipinski definition) is 4. The van der Waals surface area contributed by atoms with E-state index in [9.17, 15) is 0 Å². The zero-order chi connectivity index (χ0) is 10.6. The molecule has 0 aliphatic carbocycles. The van der Waals surface area contributed by atoms with Crippen molar-refractivity contribution in [3.05, 3.63) is 30.2 Å². The molecular weight excluding hydrogens is 176 g/mol. The van der Waals surface area contributed by atoms with Crippen LogP contribution in [0.3, 0.4) is 0 Å². The summed E-state index contributed by atoms with van der Waals surface area (Å²) in [7, 11) is 1.82. The molecule has 14 heavy (non-hydrogen) atoms. The Morgan fingerprint density at radius 3 is 2.71 bits per heavy atom. The first-order valence-corrected chi connectivity index (χ1v) is 4.31. The van der Waals surface area contributed by atoms with Crippen LogP contribution in [-0.2, 0) is 0 Å². The molecule has 0 fully saturated rings. The van der Waals surface area contributed by atoms with Crippen molar-refractivity contribution in [1.29, 1.82) is 0 Å². The first-order valence-electron chi connectivity index (χ1n) is 4.31. The van der Waals surface area contributed by atoms with E-state index in [2.05, 4.69) is 21.6 Å². The summed E-state index contributed by atoms with van der Waals surface area (Å²) in [6.07, 6.45) is 5.08. The molecule has 4 nitrogen and oxygen atoms in total. The van der Waals surface area contributed by atoms with Crippen LogP contribution < -0.4 is 5.01 Å². The van der Waals surface area contributed by atoms with Crippen LogP contribution in [0.15, 0.2) is 29.6 Å². The van der Waals surface area contributed by atoms with Crippen LogP contribution in [0.1, 0.15) is 12.6 Å². The molecule has 1 aromatic heterocycles. The Morgan fingerprint density at radius 2 is 2.21 bits per heavy atom. The highest BCUT2D eigenvalue weighted by Gasteiger charge is 1.98. The normalized spacial score (nSPS) is 10.5. The molecule has 0 aliphatic heterocycles. The molecule has 0 spiro atoms. The quantitative estimate of drug-likeness (QED) is 0.539. The van der Waals surface area contributed by atoms with Gasteiger partial charge in [-0.25, -0.2) is 9.99 Å². The monoisotopic (exact) mass is 190 g/mol. The molecule has 0 radical (unpaired) electrons. The summed E-state index contributed by atoms with van der Waals surface area (Å²) >= 11 is 0. The van der Waals surface area contributed by atoms with Crippen molar-refractivity contribution >= 4 is 12.0 Å². The van der Waals surface area contributed by atoms with Gasteiger partial charge in [0.25, 0.3) is 0 Å². The zero-order valence-electron chi connectivity index (χ0n) is 8.73. The number of nitrogens with zero attached hydrogens (tertiary/aromatic N) is 4. The Morgan fingerprint density at radius 1 is 1.50 bits per heavy atom. The van der Waals surface area contributed by atoms with Gasteiger partial charge in [-0.1, -0.05) is 6.58 Å². The summed E-state index contributed by atoms with van der Waals surface area (Å²) in [5.74, 6) is 0.716. The van der Waals surface area contributed by atoms with E-state index < -0.39 is 0 Å². The van der Waals surface area contributed by atoms with Crippen LogP contribution in [0.25, 0.3) is 0 Å². The van der Waals surface area contributed by atoms with Crippen molar-refractivity contribution in [2.45, 2.75) is 13.8 Å². The Labute approximate surface area is 84.0 Å². The predicted molar refractivity (Wildman–Crippen MR) is 58.5 cm³/mol. The lowest BCUT2D eigenvalue weighted by atomic mass is 10.4. The van der Waals surface area contributed by atoms with Crippen LogP contribution in [0.5, 0.6) is 0 Å². The topological polar surface area (TPSA) is 41.4 Å². The fraction of sp³-hybridized carbons (Fsp3) is 0.300. The second-order valence-electron chi connectivity index (χ2n) is 3.13. The minimum atomic E-state index is 0.716. The molecule has 0 N–H and O–H groups in total. The highest BCUT2D eigenvalue weighted by Crippen LogP contribution is 2.06. The number of anilines is 1. The summed E-state index contributed by atoms with van der Waals surface area (Å²) < 4.78 is 0. The molecule has 0 saturated carbocycles. The Kier molecular flexibility index (Phi) is 3.34. The van der Waals surface area contributed by atoms with Gasteiger partial charge in [0.05, 0.1) is 18.1 Å². The molecule has 4 heteroatoms. The van der Waals surface area contributed by atoms with Crippen LogP contribution in [0.2, 0.25) is 0 Å². The standard InChI is InChI=1S/C10H14N4/c1-8(2)5-13-14(4)10-7-11-9(3)6-12-10/h5-7H,1H2,2-4H3/b13-5-. The number of aryl methyl sites for hydroxylation is 1. The predicted octanol–water partition coefficient (Wildman–Crippen LogP) is 1.78. The maximum absolute atomic E-state index is 4.18. The zero-order valence-corrected chi connectivity index (χ0v) is 8.73. The highest BCUT2D eigenvalue weighted by atomic mass is 15.5. The van der Waals surface area contributed by atoms with Gasteiger partial charge in [-0.15, -0.1) is 0 Å². The fourth-order valence-electron chi connectivity index (χ4n) is 0.797. The Hall–Kier alpha value is -1.71. The molecule has 1 rings (SSSR count). The molecule has 1 aromatic rings. The van der Waals surface area contributed by atoms with Crippen molar-refractivity contribution in [2.24, 2.45) is 5.10 Å². The van der Waals surface area contributed by atoms with Crippen LogP contribution in [0.4, 0.5) is 5.82 Å². The van der Waals surface area contributed by atoms with Gasteiger partial charge >= 0.3 is 0 Å². The fourth-order valence-corrected chi connectivity index (χ4v) is 0.797. The van der Waals surface area contributed by atoms with E-state index in [1.54, 1.807) is 23.6 Å². The van der Waals surface area contributed by atoms with Crippen molar-refractivity contribution in [1.82, 2.24) is 9.97 Å². The lowest BCUT2D eigenvalue weighted by molar-refractivity contribution is 0.956. The molecule has 0 amide bonds. The molecule has 0 unspecified atom stereocenters. The maximum atomic E-state index is 4.18. The van der Waals surface area contributed by atoms with Crippen LogP contribution in [-0.4, -0.2) is 23.2 Å². The minimum absolute atomic E-state index is 0.716. The van der Waals surface area contributed by atoms with E-state index in [-0.39, 0.29) is 0 Å². The number of aromatic nitrogens is 2. The Bertz CT molecular complexity index is 340. The Balaban J connectivity index is 2.74. The molecule has 0 aromatic carbocycles. The van der Waals surface area contributed by atoms with Crippen LogP contribution in [0, 0.1) is 6.92 Å². The van der Waals surface area contributed by atoms with Gasteiger partial charge < -0.3 is 0 Å². The summed E-state index contributed by atoms with van der Waals surface area (Å²) in [6, 6.07) is 0. The highest BCUT2D eigenvalue weighted by molar-refractivity contribution is 5.77. The van der Waals surface area contributed by atoms with Gasteiger partial charge in [0.2, 0.25) is 0 Å². The van der Waals surface area contributed by atoms with Gasteiger partial charge in [-0.3, -0.25) is 4.98 Å².